The van der Waals surface area contributed by atoms with Crippen LogP contribution >= 0.6 is 11.3 Å². The number of fused-ring (bicyclic) bond motifs is 1. The van der Waals surface area contributed by atoms with E-state index in [4.69, 9.17) is 23.9 Å². The Hall–Kier alpha value is -4.70. The molecule has 228 valence electrons. The smallest absolute Gasteiger partial charge is 0.338 e. The van der Waals surface area contributed by atoms with E-state index in [0.29, 0.717) is 55.4 Å². The molecule has 0 spiro atoms. The van der Waals surface area contributed by atoms with E-state index in [2.05, 4.69) is 0 Å². The number of thiazole rings is 1. The van der Waals surface area contributed by atoms with Gasteiger partial charge in [0, 0.05) is 11.1 Å². The average Bonchev–Trinajstić information content (AvgIpc) is 3.34. The van der Waals surface area contributed by atoms with Crippen LogP contribution in [-0.4, -0.2) is 31.4 Å². The van der Waals surface area contributed by atoms with Gasteiger partial charge in [-0.05, 0) is 61.4 Å². The number of esters is 1. The Labute approximate surface area is 258 Å². The van der Waals surface area contributed by atoms with Gasteiger partial charge < -0.3 is 18.9 Å². The molecule has 0 fully saturated rings. The predicted molar refractivity (Wildman–Crippen MR) is 166 cm³/mol. The molecule has 0 bridgehead atoms. The van der Waals surface area contributed by atoms with Crippen molar-refractivity contribution < 1.29 is 28.1 Å². The number of carbonyl (C=O) groups excluding carboxylic acids is 1. The molecule has 0 amide bonds. The van der Waals surface area contributed by atoms with E-state index in [1.165, 1.54) is 22.0 Å². The first-order chi connectivity index (χ1) is 21.4. The molecule has 0 unspecified atom stereocenters. The third-order valence-electron chi connectivity index (χ3n) is 7.15. The molecule has 4 aromatic rings. The summed E-state index contributed by atoms with van der Waals surface area (Å²) in [6.07, 6.45) is 3.04. The SMILES string of the molecule is CCCC1=C(C(=O)OCC)[C@H](c2cc(OC)ccc2OC)n2c(s/c(=C\c3ccc(OCc4ccccc4F)cc3)c2=O)=N1. The van der Waals surface area contributed by atoms with E-state index < -0.39 is 12.0 Å². The van der Waals surface area contributed by atoms with Crippen LogP contribution < -0.4 is 29.1 Å². The second kappa shape index (κ2) is 13.7. The summed E-state index contributed by atoms with van der Waals surface area (Å²) in [7, 11) is 3.09. The number of aromatic nitrogens is 1. The van der Waals surface area contributed by atoms with E-state index in [-0.39, 0.29) is 24.6 Å². The Balaban J connectivity index is 1.59. The molecular weight excluding hydrogens is 583 g/mol. The molecule has 8 nitrogen and oxygen atoms in total. The van der Waals surface area contributed by atoms with E-state index in [9.17, 15) is 14.0 Å². The van der Waals surface area contributed by atoms with Crippen molar-refractivity contribution in [1.29, 1.82) is 0 Å². The van der Waals surface area contributed by atoms with Crippen LogP contribution in [0.3, 0.4) is 0 Å². The number of rotatable bonds is 11. The highest BCUT2D eigenvalue weighted by Gasteiger charge is 2.36. The van der Waals surface area contributed by atoms with Crippen molar-refractivity contribution >= 4 is 23.4 Å². The van der Waals surface area contributed by atoms with Gasteiger partial charge in [0.25, 0.3) is 5.56 Å². The van der Waals surface area contributed by atoms with Crippen molar-refractivity contribution in [2.75, 3.05) is 20.8 Å². The molecule has 3 aromatic carbocycles. The number of allylic oxidation sites excluding steroid dienone is 1. The minimum absolute atomic E-state index is 0.0985. The molecule has 44 heavy (non-hydrogen) atoms. The van der Waals surface area contributed by atoms with E-state index in [1.54, 1.807) is 75.8 Å². The van der Waals surface area contributed by atoms with E-state index in [0.717, 1.165) is 12.0 Å². The normalized spacial score (nSPS) is 14.6. The first-order valence-corrected chi connectivity index (χ1v) is 15.1. The maximum atomic E-state index is 14.1. The summed E-state index contributed by atoms with van der Waals surface area (Å²) in [5.41, 5.74) is 2.38. The van der Waals surface area contributed by atoms with Crippen molar-refractivity contribution in [3.05, 3.63) is 120 Å². The molecule has 0 saturated carbocycles. The third-order valence-corrected chi connectivity index (χ3v) is 8.14. The van der Waals surface area contributed by atoms with Gasteiger partial charge in [-0.2, -0.15) is 0 Å². The number of methoxy groups -OCH3 is 2. The molecule has 1 aliphatic rings. The third kappa shape index (κ3) is 6.30. The summed E-state index contributed by atoms with van der Waals surface area (Å²) < 4.78 is 38.4. The van der Waals surface area contributed by atoms with Crippen LogP contribution in [0.15, 0.2) is 87.8 Å². The number of benzene rings is 3. The van der Waals surface area contributed by atoms with Gasteiger partial charge in [0.1, 0.15) is 35.7 Å². The number of nitrogens with zero attached hydrogens (tertiary/aromatic N) is 2. The van der Waals surface area contributed by atoms with Crippen LogP contribution in [0.25, 0.3) is 6.08 Å². The second-order valence-electron chi connectivity index (χ2n) is 9.97. The van der Waals surface area contributed by atoms with Crippen molar-refractivity contribution in [2.45, 2.75) is 39.3 Å². The highest BCUT2D eigenvalue weighted by atomic mass is 32.1. The number of hydrogen-bond acceptors (Lipinski definition) is 8. The Kier molecular flexibility index (Phi) is 9.59. The lowest BCUT2D eigenvalue weighted by molar-refractivity contribution is -0.139. The van der Waals surface area contributed by atoms with Gasteiger partial charge in [-0.1, -0.05) is 55.0 Å². The first kappa shape index (κ1) is 30.7. The van der Waals surface area contributed by atoms with Gasteiger partial charge >= 0.3 is 5.97 Å². The molecule has 0 radical (unpaired) electrons. The molecule has 1 aliphatic heterocycles. The number of carbonyl (C=O) groups is 1. The molecule has 0 saturated heterocycles. The van der Waals surface area contributed by atoms with E-state index in [1.807, 2.05) is 19.1 Å². The van der Waals surface area contributed by atoms with Crippen LogP contribution in [0, 0.1) is 5.82 Å². The van der Waals surface area contributed by atoms with Gasteiger partial charge in [0.2, 0.25) is 0 Å². The van der Waals surface area contributed by atoms with Crippen LogP contribution in [0.1, 0.15) is 49.4 Å². The van der Waals surface area contributed by atoms with Crippen LogP contribution in [0.5, 0.6) is 17.2 Å². The lowest BCUT2D eigenvalue weighted by Crippen LogP contribution is -2.40. The van der Waals surface area contributed by atoms with Gasteiger partial charge in [-0.25, -0.2) is 14.2 Å². The molecule has 10 heteroatoms. The molecule has 1 aromatic heterocycles. The predicted octanol–water partition coefficient (Wildman–Crippen LogP) is 5.31. The van der Waals surface area contributed by atoms with Gasteiger partial charge in [0.05, 0.1) is 36.6 Å². The summed E-state index contributed by atoms with van der Waals surface area (Å²) in [6.45, 7) is 4.02. The van der Waals surface area contributed by atoms with Gasteiger partial charge in [0.15, 0.2) is 4.80 Å². The molecule has 2 heterocycles. The summed E-state index contributed by atoms with van der Waals surface area (Å²) >= 11 is 1.25. The van der Waals surface area contributed by atoms with Crippen molar-refractivity contribution in [3.63, 3.8) is 0 Å². The Morgan fingerprint density at radius 2 is 1.77 bits per heavy atom. The molecule has 5 rings (SSSR count). The topological polar surface area (TPSA) is 88.4 Å². The van der Waals surface area contributed by atoms with Crippen LogP contribution in [0.2, 0.25) is 0 Å². The minimum atomic E-state index is -0.840. The number of halogens is 1. The molecule has 0 aliphatic carbocycles. The molecule has 0 N–H and O–H groups in total. The Morgan fingerprint density at radius 3 is 2.45 bits per heavy atom. The standard InChI is InChI=1S/C34H33FN2O6S/c1-5-9-27-30(33(39)42-6-2)31(25-19-24(40-3)16-17-28(25)41-4)37-32(38)29(44-34(37)36-27)18-21-12-14-23(15-13-21)43-20-22-10-7-8-11-26(22)35/h7-8,10-19,31H,5-6,9,20H2,1-4H3/b29-18-/t31-/m0/s1. The lowest BCUT2D eigenvalue weighted by atomic mass is 9.93. The fourth-order valence-electron chi connectivity index (χ4n) is 5.06. The van der Waals surface area contributed by atoms with Crippen molar-refractivity contribution in [1.82, 2.24) is 4.57 Å². The van der Waals surface area contributed by atoms with Crippen LogP contribution in [0.4, 0.5) is 4.39 Å². The molecular formula is C34H33FN2O6S. The zero-order valence-electron chi connectivity index (χ0n) is 25.0. The van der Waals surface area contributed by atoms with Crippen molar-refractivity contribution in [3.8, 4) is 17.2 Å². The quantitative estimate of drug-likeness (QED) is 0.212. The summed E-state index contributed by atoms with van der Waals surface area (Å²) in [4.78, 5) is 32.8. The Bertz CT molecular complexity index is 1880. The van der Waals surface area contributed by atoms with Gasteiger partial charge in [-0.15, -0.1) is 0 Å². The average molecular weight is 617 g/mol. The summed E-state index contributed by atoms with van der Waals surface area (Å²) in [6, 6.07) is 18.1. The maximum absolute atomic E-state index is 14.1. The Morgan fingerprint density at radius 1 is 1.02 bits per heavy atom. The zero-order chi connectivity index (χ0) is 31.2. The minimum Gasteiger partial charge on any atom is -0.497 e. The van der Waals surface area contributed by atoms with Crippen molar-refractivity contribution in [2.24, 2.45) is 4.99 Å². The summed E-state index contributed by atoms with van der Waals surface area (Å²) in [5.74, 6) is 0.765. The highest BCUT2D eigenvalue weighted by Crippen LogP contribution is 2.38. The zero-order valence-corrected chi connectivity index (χ0v) is 25.8. The molecule has 1 atom stereocenters. The fourth-order valence-corrected chi connectivity index (χ4v) is 6.08. The summed E-state index contributed by atoms with van der Waals surface area (Å²) in [5, 5.41) is 0. The number of ether oxygens (including phenoxy) is 4. The number of hydrogen-bond donors (Lipinski definition) is 0. The lowest BCUT2D eigenvalue weighted by Gasteiger charge is -2.27. The van der Waals surface area contributed by atoms with Gasteiger partial charge in [-0.3, -0.25) is 9.36 Å². The highest BCUT2D eigenvalue weighted by molar-refractivity contribution is 7.07. The van der Waals surface area contributed by atoms with Crippen LogP contribution in [-0.2, 0) is 16.1 Å². The first-order valence-electron chi connectivity index (χ1n) is 14.3. The van der Waals surface area contributed by atoms with E-state index >= 15 is 0 Å². The maximum Gasteiger partial charge on any atom is 0.338 e. The monoisotopic (exact) mass is 616 g/mol. The fraction of sp³-hybridized carbons (Fsp3) is 0.265. The largest absolute Gasteiger partial charge is 0.497 e. The second-order valence-corrected chi connectivity index (χ2v) is 11.0.